The molecule has 0 atom stereocenters. The SMILES string of the molecule is Cc1cc(-c2cc(Cl)ccc2OCC2CN(C(=O)c3cc4c(cc3F)OCC(=O)C4)C2)n(C)n1. The van der Waals surface area contributed by atoms with Crippen molar-refractivity contribution in [3.63, 3.8) is 0 Å². The van der Waals surface area contributed by atoms with E-state index in [2.05, 4.69) is 5.10 Å². The van der Waals surface area contributed by atoms with Gasteiger partial charge >= 0.3 is 0 Å². The van der Waals surface area contributed by atoms with Crippen molar-refractivity contribution in [2.45, 2.75) is 13.3 Å². The zero-order valence-corrected chi connectivity index (χ0v) is 19.6. The molecule has 0 bridgehead atoms. The van der Waals surface area contributed by atoms with Gasteiger partial charge in [0.15, 0.2) is 5.78 Å². The summed E-state index contributed by atoms with van der Waals surface area (Å²) in [6.45, 7) is 3.18. The molecule has 176 valence electrons. The number of ether oxygens (including phenoxy) is 2. The van der Waals surface area contributed by atoms with Crippen LogP contribution < -0.4 is 9.47 Å². The number of aromatic nitrogens is 2. The van der Waals surface area contributed by atoms with Gasteiger partial charge < -0.3 is 14.4 Å². The number of likely N-dealkylation sites (tertiary alicyclic amines) is 1. The summed E-state index contributed by atoms with van der Waals surface area (Å²) in [5.41, 5.74) is 3.13. The third-order valence-electron chi connectivity index (χ3n) is 6.10. The van der Waals surface area contributed by atoms with Crippen LogP contribution in [0.5, 0.6) is 11.5 Å². The summed E-state index contributed by atoms with van der Waals surface area (Å²) in [5, 5.41) is 4.99. The molecule has 7 nitrogen and oxygen atoms in total. The molecule has 9 heteroatoms. The van der Waals surface area contributed by atoms with Crippen molar-refractivity contribution in [3.8, 4) is 22.8 Å². The molecule has 0 unspecified atom stereocenters. The summed E-state index contributed by atoms with van der Waals surface area (Å²) < 4.78 is 27.7. The second-order valence-electron chi connectivity index (χ2n) is 8.77. The summed E-state index contributed by atoms with van der Waals surface area (Å²) in [5.74, 6) is -0.0106. The average molecular weight is 484 g/mol. The number of fused-ring (bicyclic) bond motifs is 1. The summed E-state index contributed by atoms with van der Waals surface area (Å²) in [7, 11) is 1.87. The first-order valence-corrected chi connectivity index (χ1v) is 11.4. The molecule has 3 heterocycles. The lowest BCUT2D eigenvalue weighted by Crippen LogP contribution is -2.52. The van der Waals surface area contributed by atoms with E-state index in [1.165, 1.54) is 12.1 Å². The van der Waals surface area contributed by atoms with Crippen molar-refractivity contribution in [3.05, 3.63) is 64.1 Å². The molecule has 1 fully saturated rings. The molecule has 2 aliphatic heterocycles. The third-order valence-corrected chi connectivity index (χ3v) is 6.33. The van der Waals surface area contributed by atoms with E-state index < -0.39 is 11.7 Å². The Morgan fingerprint density at radius 3 is 2.79 bits per heavy atom. The van der Waals surface area contributed by atoms with Crippen LogP contribution >= 0.6 is 11.6 Å². The molecule has 2 aromatic carbocycles. The van der Waals surface area contributed by atoms with E-state index in [9.17, 15) is 14.0 Å². The molecule has 0 radical (unpaired) electrons. The van der Waals surface area contributed by atoms with Gasteiger partial charge in [0, 0.05) is 54.7 Å². The highest BCUT2D eigenvalue weighted by atomic mass is 35.5. The average Bonchev–Trinajstić information content (AvgIpc) is 3.10. The van der Waals surface area contributed by atoms with Gasteiger partial charge in [-0.05, 0) is 37.3 Å². The lowest BCUT2D eigenvalue weighted by molar-refractivity contribution is -0.121. The van der Waals surface area contributed by atoms with E-state index in [-0.39, 0.29) is 30.3 Å². The van der Waals surface area contributed by atoms with Gasteiger partial charge in [-0.1, -0.05) is 11.6 Å². The molecule has 0 aliphatic carbocycles. The highest BCUT2D eigenvalue weighted by Crippen LogP contribution is 2.34. The first-order chi connectivity index (χ1) is 16.3. The van der Waals surface area contributed by atoms with Gasteiger partial charge in [0.05, 0.1) is 23.6 Å². The van der Waals surface area contributed by atoms with E-state index in [1.54, 1.807) is 15.6 Å². The van der Waals surface area contributed by atoms with E-state index in [0.29, 0.717) is 41.8 Å². The van der Waals surface area contributed by atoms with Crippen LogP contribution in [0, 0.1) is 18.7 Å². The van der Waals surface area contributed by atoms with E-state index in [0.717, 1.165) is 17.0 Å². The van der Waals surface area contributed by atoms with Gasteiger partial charge in [-0.2, -0.15) is 5.10 Å². The van der Waals surface area contributed by atoms with Crippen LogP contribution in [-0.4, -0.2) is 52.7 Å². The van der Waals surface area contributed by atoms with Gasteiger partial charge in [0.25, 0.3) is 5.91 Å². The number of aryl methyl sites for hydroxylation is 2. The van der Waals surface area contributed by atoms with Crippen molar-refractivity contribution in [1.29, 1.82) is 0 Å². The van der Waals surface area contributed by atoms with Crippen molar-refractivity contribution in [2.75, 3.05) is 26.3 Å². The van der Waals surface area contributed by atoms with Crippen molar-refractivity contribution < 1.29 is 23.5 Å². The number of hydrogen-bond donors (Lipinski definition) is 0. The molecular weight excluding hydrogens is 461 g/mol. The predicted molar refractivity (Wildman–Crippen MR) is 124 cm³/mol. The Morgan fingerprint density at radius 2 is 2.06 bits per heavy atom. The third kappa shape index (κ3) is 4.25. The van der Waals surface area contributed by atoms with Crippen LogP contribution in [0.25, 0.3) is 11.3 Å². The fraction of sp³-hybridized carbons (Fsp3) is 0.320. The van der Waals surface area contributed by atoms with Crippen LogP contribution in [-0.2, 0) is 18.3 Å². The number of nitrogens with zero attached hydrogens (tertiary/aromatic N) is 3. The van der Waals surface area contributed by atoms with Crippen LogP contribution in [0.3, 0.4) is 0 Å². The number of carbonyl (C=O) groups excluding carboxylic acids is 2. The number of ketones is 1. The molecule has 0 saturated carbocycles. The van der Waals surface area contributed by atoms with Crippen LogP contribution in [0.15, 0.2) is 36.4 Å². The van der Waals surface area contributed by atoms with Crippen LogP contribution in [0.2, 0.25) is 5.02 Å². The zero-order valence-electron chi connectivity index (χ0n) is 18.8. The standard InChI is InChI=1S/C25H23ClFN3O4/c1-14-5-22(29(2)28-14)20-8-17(26)3-4-23(20)33-12-15-10-30(11-15)25(32)19-7-16-6-18(31)13-34-24(16)9-21(19)27/h3-5,7-9,15H,6,10-13H2,1-2H3. The first kappa shape index (κ1) is 22.4. The maximum absolute atomic E-state index is 14.5. The number of rotatable bonds is 5. The smallest absolute Gasteiger partial charge is 0.256 e. The Balaban J connectivity index is 1.24. The Kier molecular flexibility index (Phi) is 5.77. The second-order valence-corrected chi connectivity index (χ2v) is 9.20. The van der Waals surface area contributed by atoms with Crippen molar-refractivity contribution in [1.82, 2.24) is 14.7 Å². The van der Waals surface area contributed by atoms with E-state index in [4.69, 9.17) is 21.1 Å². The number of halogens is 2. The molecular formula is C25H23ClFN3O4. The monoisotopic (exact) mass is 483 g/mol. The minimum absolute atomic E-state index is 0.0389. The Labute approximate surface area is 201 Å². The van der Waals surface area contributed by atoms with Gasteiger partial charge in [-0.3, -0.25) is 14.3 Å². The molecule has 5 rings (SSSR count). The minimum atomic E-state index is -0.643. The van der Waals surface area contributed by atoms with Gasteiger partial charge in [-0.15, -0.1) is 0 Å². The van der Waals surface area contributed by atoms with Gasteiger partial charge in [-0.25, -0.2) is 4.39 Å². The highest BCUT2D eigenvalue weighted by molar-refractivity contribution is 6.31. The summed E-state index contributed by atoms with van der Waals surface area (Å²) in [6, 6.07) is 10.0. The molecule has 2 aliphatic rings. The normalized spacial score (nSPS) is 15.5. The molecule has 1 amide bonds. The molecule has 1 saturated heterocycles. The van der Waals surface area contributed by atoms with Crippen LogP contribution in [0.1, 0.15) is 21.6 Å². The van der Waals surface area contributed by atoms with E-state index in [1.807, 2.05) is 32.2 Å². The Morgan fingerprint density at radius 1 is 1.26 bits per heavy atom. The molecule has 0 spiro atoms. The molecule has 0 N–H and O–H groups in total. The number of carbonyl (C=O) groups is 2. The van der Waals surface area contributed by atoms with Crippen LogP contribution in [0.4, 0.5) is 4.39 Å². The zero-order chi connectivity index (χ0) is 24.0. The first-order valence-electron chi connectivity index (χ1n) is 11.0. The predicted octanol–water partition coefficient (Wildman–Crippen LogP) is 3.84. The quantitative estimate of drug-likeness (QED) is 0.551. The van der Waals surface area contributed by atoms with Gasteiger partial charge in [0.1, 0.15) is 23.9 Å². The molecule has 1 aromatic heterocycles. The Bertz CT molecular complexity index is 1300. The maximum Gasteiger partial charge on any atom is 0.256 e. The summed E-state index contributed by atoms with van der Waals surface area (Å²) in [4.78, 5) is 26.1. The fourth-order valence-corrected chi connectivity index (χ4v) is 4.54. The number of hydrogen-bond acceptors (Lipinski definition) is 5. The lowest BCUT2D eigenvalue weighted by atomic mass is 9.97. The second kappa shape index (κ2) is 8.76. The maximum atomic E-state index is 14.5. The largest absolute Gasteiger partial charge is 0.492 e. The molecule has 34 heavy (non-hydrogen) atoms. The highest BCUT2D eigenvalue weighted by Gasteiger charge is 2.34. The topological polar surface area (TPSA) is 73.7 Å². The number of amides is 1. The summed E-state index contributed by atoms with van der Waals surface area (Å²) >= 11 is 6.22. The van der Waals surface area contributed by atoms with Gasteiger partial charge in [0.2, 0.25) is 0 Å². The lowest BCUT2D eigenvalue weighted by Gasteiger charge is -2.39. The van der Waals surface area contributed by atoms with Crippen molar-refractivity contribution in [2.24, 2.45) is 13.0 Å². The molecule has 3 aromatic rings. The summed E-state index contributed by atoms with van der Waals surface area (Å²) in [6.07, 6.45) is 0.145. The fourth-order valence-electron chi connectivity index (χ4n) is 4.37. The minimum Gasteiger partial charge on any atom is -0.492 e. The Hall–Kier alpha value is -3.39. The number of Topliss-reactive ketones (excluding diaryl/α,β-unsaturated/α-hetero) is 1. The van der Waals surface area contributed by atoms with E-state index >= 15 is 0 Å². The van der Waals surface area contributed by atoms with Crippen molar-refractivity contribution >= 4 is 23.3 Å². The number of benzene rings is 2.